The van der Waals surface area contributed by atoms with E-state index in [1.165, 1.54) is 6.07 Å². The fourth-order valence-electron chi connectivity index (χ4n) is 1.65. The molecule has 0 bridgehead atoms. The van der Waals surface area contributed by atoms with Gasteiger partial charge in [0.05, 0.1) is 10.4 Å². The summed E-state index contributed by atoms with van der Waals surface area (Å²) in [6.07, 6.45) is 0. The summed E-state index contributed by atoms with van der Waals surface area (Å²) in [7, 11) is 0. The fourth-order valence-corrected chi connectivity index (χ4v) is 2.45. The Labute approximate surface area is 124 Å². The van der Waals surface area contributed by atoms with Gasteiger partial charge < -0.3 is 0 Å². The standard InChI is InChI=1S/C14H10BrCl2F/c1-8-2-4-9(5-3-8)14(17)10-6-12(16)11(15)7-13(10)18/h2-7,14H,1H3. The summed E-state index contributed by atoms with van der Waals surface area (Å²) in [5.74, 6) is -0.369. The van der Waals surface area contributed by atoms with Crippen LogP contribution in [0.15, 0.2) is 40.9 Å². The second-order valence-electron chi connectivity index (χ2n) is 4.06. The lowest BCUT2D eigenvalue weighted by molar-refractivity contribution is 0.611. The fraction of sp³-hybridized carbons (Fsp3) is 0.143. The lowest BCUT2D eigenvalue weighted by Crippen LogP contribution is -1.97. The van der Waals surface area contributed by atoms with Crippen molar-refractivity contribution >= 4 is 39.1 Å². The van der Waals surface area contributed by atoms with Gasteiger partial charge in [-0.15, -0.1) is 11.6 Å². The van der Waals surface area contributed by atoms with Gasteiger partial charge in [-0.25, -0.2) is 4.39 Å². The predicted molar refractivity (Wildman–Crippen MR) is 78.0 cm³/mol. The molecule has 0 aliphatic carbocycles. The third-order valence-corrected chi connectivity index (χ3v) is 4.37. The van der Waals surface area contributed by atoms with Gasteiger partial charge >= 0.3 is 0 Å². The van der Waals surface area contributed by atoms with Gasteiger partial charge in [0.25, 0.3) is 0 Å². The molecule has 0 saturated heterocycles. The van der Waals surface area contributed by atoms with E-state index in [1.807, 2.05) is 31.2 Å². The first kappa shape index (κ1) is 13.9. The number of hydrogen-bond acceptors (Lipinski definition) is 0. The van der Waals surface area contributed by atoms with E-state index in [4.69, 9.17) is 23.2 Å². The number of hydrogen-bond donors (Lipinski definition) is 0. The van der Waals surface area contributed by atoms with Crippen LogP contribution in [0.1, 0.15) is 22.1 Å². The van der Waals surface area contributed by atoms with Crippen LogP contribution in [0.2, 0.25) is 5.02 Å². The maximum absolute atomic E-state index is 13.9. The first-order valence-corrected chi connectivity index (χ1v) is 6.95. The van der Waals surface area contributed by atoms with Crippen molar-refractivity contribution in [3.8, 4) is 0 Å². The van der Waals surface area contributed by atoms with Crippen molar-refractivity contribution in [3.05, 3.63) is 68.4 Å². The molecule has 0 heterocycles. The van der Waals surface area contributed by atoms with Crippen LogP contribution in [0, 0.1) is 12.7 Å². The van der Waals surface area contributed by atoms with Gasteiger partial charge in [-0.05, 0) is 40.5 Å². The SMILES string of the molecule is Cc1ccc(C(Cl)c2cc(Cl)c(Br)cc2F)cc1. The predicted octanol–water partition coefficient (Wildman–Crippen LogP) is 5.88. The van der Waals surface area contributed by atoms with Crippen molar-refractivity contribution in [2.45, 2.75) is 12.3 Å². The average Bonchev–Trinajstić information content (AvgIpc) is 2.34. The molecule has 0 saturated carbocycles. The Morgan fingerprint density at radius 3 is 2.39 bits per heavy atom. The van der Waals surface area contributed by atoms with Gasteiger partial charge in [0.15, 0.2) is 0 Å². The van der Waals surface area contributed by atoms with Crippen LogP contribution in [0.3, 0.4) is 0 Å². The topological polar surface area (TPSA) is 0 Å². The van der Waals surface area contributed by atoms with Gasteiger partial charge in [0, 0.05) is 10.0 Å². The molecule has 1 unspecified atom stereocenters. The van der Waals surface area contributed by atoms with Crippen LogP contribution >= 0.6 is 39.1 Å². The second-order valence-corrected chi connectivity index (χ2v) is 5.76. The third-order valence-electron chi connectivity index (χ3n) is 2.68. The molecule has 0 aliphatic heterocycles. The highest BCUT2D eigenvalue weighted by atomic mass is 79.9. The van der Waals surface area contributed by atoms with Gasteiger partial charge in [0.2, 0.25) is 0 Å². The minimum atomic E-state index is -0.545. The molecule has 0 radical (unpaired) electrons. The first-order chi connectivity index (χ1) is 8.49. The number of rotatable bonds is 2. The van der Waals surface area contributed by atoms with Gasteiger partial charge in [-0.3, -0.25) is 0 Å². The molecule has 0 aromatic heterocycles. The van der Waals surface area contributed by atoms with E-state index in [1.54, 1.807) is 6.07 Å². The maximum Gasteiger partial charge on any atom is 0.129 e. The summed E-state index contributed by atoms with van der Waals surface area (Å²) in [6, 6.07) is 10.6. The van der Waals surface area contributed by atoms with Crippen LogP contribution in [0.5, 0.6) is 0 Å². The molecule has 0 spiro atoms. The normalized spacial score (nSPS) is 12.5. The summed E-state index contributed by atoms with van der Waals surface area (Å²) in [5, 5.41) is -0.0969. The number of alkyl halides is 1. The van der Waals surface area contributed by atoms with E-state index in [9.17, 15) is 4.39 Å². The Kier molecular flexibility index (Phi) is 4.31. The Bertz CT molecular complexity index is 567. The summed E-state index contributed by atoms with van der Waals surface area (Å²) in [6.45, 7) is 1.99. The summed E-state index contributed by atoms with van der Waals surface area (Å²) >= 11 is 15.5. The van der Waals surface area contributed by atoms with Crippen molar-refractivity contribution < 1.29 is 4.39 Å². The molecule has 4 heteroatoms. The number of benzene rings is 2. The Morgan fingerprint density at radius 1 is 1.17 bits per heavy atom. The average molecular weight is 348 g/mol. The van der Waals surface area contributed by atoms with E-state index in [0.717, 1.165) is 11.1 Å². The van der Waals surface area contributed by atoms with Gasteiger partial charge in [-0.2, -0.15) is 0 Å². The molecular formula is C14H10BrCl2F. The van der Waals surface area contributed by atoms with Crippen LogP contribution in [-0.4, -0.2) is 0 Å². The summed E-state index contributed by atoms with van der Waals surface area (Å²) in [4.78, 5) is 0. The summed E-state index contributed by atoms with van der Waals surface area (Å²) in [5.41, 5.74) is 2.37. The maximum atomic E-state index is 13.9. The van der Waals surface area contributed by atoms with Gasteiger partial charge in [0.1, 0.15) is 5.82 Å². The zero-order valence-electron chi connectivity index (χ0n) is 9.55. The summed E-state index contributed by atoms with van der Waals surface area (Å²) < 4.78 is 14.4. The molecule has 1 atom stereocenters. The van der Waals surface area contributed by atoms with Crippen molar-refractivity contribution in [1.82, 2.24) is 0 Å². The number of aryl methyl sites for hydroxylation is 1. The highest BCUT2D eigenvalue weighted by Gasteiger charge is 2.17. The van der Waals surface area contributed by atoms with Crippen LogP contribution in [-0.2, 0) is 0 Å². The van der Waals surface area contributed by atoms with E-state index in [0.29, 0.717) is 15.1 Å². The minimum Gasteiger partial charge on any atom is -0.207 e. The molecule has 0 N–H and O–H groups in total. The Hall–Kier alpha value is -0.570. The number of halogens is 4. The largest absolute Gasteiger partial charge is 0.207 e. The lowest BCUT2D eigenvalue weighted by Gasteiger charge is -2.13. The van der Waals surface area contributed by atoms with Gasteiger partial charge in [-0.1, -0.05) is 41.4 Å². The monoisotopic (exact) mass is 346 g/mol. The minimum absolute atomic E-state index is 0.369. The van der Waals surface area contributed by atoms with Crippen molar-refractivity contribution in [3.63, 3.8) is 0 Å². The van der Waals surface area contributed by atoms with E-state index >= 15 is 0 Å². The second kappa shape index (κ2) is 5.60. The first-order valence-electron chi connectivity index (χ1n) is 5.34. The molecule has 94 valence electrons. The van der Waals surface area contributed by atoms with Crippen LogP contribution in [0.25, 0.3) is 0 Å². The molecule has 18 heavy (non-hydrogen) atoms. The molecule has 0 nitrogen and oxygen atoms in total. The van der Waals surface area contributed by atoms with Crippen LogP contribution < -0.4 is 0 Å². The zero-order chi connectivity index (χ0) is 13.3. The quantitative estimate of drug-likeness (QED) is 0.470. The third kappa shape index (κ3) is 2.87. The molecule has 0 fully saturated rings. The Morgan fingerprint density at radius 2 is 1.78 bits per heavy atom. The smallest absolute Gasteiger partial charge is 0.129 e. The highest BCUT2D eigenvalue weighted by molar-refractivity contribution is 9.10. The lowest BCUT2D eigenvalue weighted by atomic mass is 10.0. The zero-order valence-corrected chi connectivity index (χ0v) is 12.7. The molecular weight excluding hydrogens is 338 g/mol. The Balaban J connectivity index is 2.42. The molecule has 2 aromatic rings. The van der Waals surface area contributed by atoms with E-state index in [2.05, 4.69) is 15.9 Å². The van der Waals surface area contributed by atoms with Crippen LogP contribution in [0.4, 0.5) is 4.39 Å². The molecule has 0 aliphatic rings. The van der Waals surface area contributed by atoms with Crippen molar-refractivity contribution in [1.29, 1.82) is 0 Å². The highest BCUT2D eigenvalue weighted by Crippen LogP contribution is 2.35. The van der Waals surface area contributed by atoms with Crippen molar-refractivity contribution in [2.75, 3.05) is 0 Å². The van der Waals surface area contributed by atoms with Crippen molar-refractivity contribution in [2.24, 2.45) is 0 Å². The molecule has 2 rings (SSSR count). The molecule has 0 amide bonds. The van der Waals surface area contributed by atoms with E-state index < -0.39 is 5.38 Å². The van der Waals surface area contributed by atoms with E-state index in [-0.39, 0.29) is 5.82 Å². The molecule has 2 aromatic carbocycles.